The Labute approximate surface area is 383 Å². The molecule has 5 aromatic rings. The third-order valence-electron chi connectivity index (χ3n) is 8.09. The number of hydrogen-bond acceptors (Lipinski definition) is 10. The number of benzene rings is 5. The highest BCUT2D eigenvalue weighted by molar-refractivity contribution is 7.93. The standard InChI is InChI=1S/C36H26Cl8N4O10S2/c1-55-28-13-30(57-3)26(11-20(28)39)47-59(51,52)32-7-16(18(37)9-22(32)41)35(49)45-15-5-24(43)34(25(44)6-15)46-36(50)17-8-33(23(42)10-19(17)38)60(53,54)48-27-12-21(40)29(56-2)14-31(27)58-4/h5-14,47-48H,1-4H3,(H,45,49)(H,46,50). The molecule has 24 heteroatoms. The molecule has 0 unspecified atom stereocenters. The summed E-state index contributed by atoms with van der Waals surface area (Å²) in [5.74, 6) is -1.30. The Balaban J connectivity index is 1.38. The Bertz CT molecular complexity index is 2770. The van der Waals surface area contributed by atoms with E-state index in [1.807, 2.05) is 0 Å². The van der Waals surface area contributed by atoms with Crippen LogP contribution in [0.2, 0.25) is 40.2 Å². The molecular formula is C36H26Cl8N4O10S2. The van der Waals surface area contributed by atoms with Crippen molar-refractivity contribution in [2.45, 2.75) is 9.79 Å². The van der Waals surface area contributed by atoms with E-state index in [1.54, 1.807) is 0 Å². The molecule has 0 aliphatic rings. The second-order valence-corrected chi connectivity index (χ2v) is 18.4. The van der Waals surface area contributed by atoms with Gasteiger partial charge in [0.1, 0.15) is 32.8 Å². The maximum absolute atomic E-state index is 13.5. The summed E-state index contributed by atoms with van der Waals surface area (Å²) >= 11 is 50.6. The van der Waals surface area contributed by atoms with Gasteiger partial charge >= 0.3 is 0 Å². The first-order valence-corrected chi connectivity index (χ1v) is 22.1. The van der Waals surface area contributed by atoms with E-state index < -0.39 is 41.7 Å². The van der Waals surface area contributed by atoms with Crippen molar-refractivity contribution in [2.75, 3.05) is 48.5 Å². The molecule has 5 rings (SSSR count). The monoisotopic (exact) mass is 1020 g/mol. The summed E-state index contributed by atoms with van der Waals surface area (Å²) in [6.45, 7) is 0. The second-order valence-electron chi connectivity index (χ2n) is 11.8. The van der Waals surface area contributed by atoms with E-state index in [9.17, 15) is 26.4 Å². The highest BCUT2D eigenvalue weighted by Gasteiger charge is 2.28. The number of anilines is 4. The predicted octanol–water partition coefficient (Wildman–Crippen LogP) is 11.1. The average molecular weight is 1020 g/mol. The zero-order chi connectivity index (χ0) is 44.4. The fourth-order valence-electron chi connectivity index (χ4n) is 5.24. The first-order valence-electron chi connectivity index (χ1n) is 16.1. The molecule has 0 fully saturated rings. The predicted molar refractivity (Wildman–Crippen MR) is 236 cm³/mol. The normalized spacial score (nSPS) is 11.4. The van der Waals surface area contributed by atoms with E-state index in [0.717, 1.165) is 24.3 Å². The molecule has 0 atom stereocenters. The molecular weight excluding hydrogens is 996 g/mol. The van der Waals surface area contributed by atoms with Gasteiger partial charge in [0.25, 0.3) is 31.9 Å². The van der Waals surface area contributed by atoms with Crippen LogP contribution in [0, 0.1) is 0 Å². The number of amides is 2. The maximum Gasteiger partial charge on any atom is 0.263 e. The molecule has 0 saturated heterocycles. The molecule has 2 amide bonds. The maximum atomic E-state index is 13.5. The van der Waals surface area contributed by atoms with Crippen LogP contribution in [0.3, 0.4) is 0 Å². The van der Waals surface area contributed by atoms with E-state index in [4.69, 9.17) is 112 Å². The molecule has 0 radical (unpaired) electrons. The summed E-state index contributed by atoms with van der Waals surface area (Å²) < 4.78 is 79.6. The van der Waals surface area contributed by atoms with Crippen molar-refractivity contribution in [3.63, 3.8) is 0 Å². The number of rotatable bonds is 14. The Kier molecular flexibility index (Phi) is 14.9. The third-order valence-corrected chi connectivity index (χ3v) is 13.6. The highest BCUT2D eigenvalue weighted by atomic mass is 35.5. The number of carbonyl (C=O) groups excluding carboxylic acids is 2. The Morgan fingerprint density at radius 3 is 1.17 bits per heavy atom. The second kappa shape index (κ2) is 19.0. The zero-order valence-electron chi connectivity index (χ0n) is 30.7. The van der Waals surface area contributed by atoms with E-state index in [1.165, 1.54) is 64.8 Å². The van der Waals surface area contributed by atoms with Crippen molar-refractivity contribution in [1.82, 2.24) is 0 Å². The van der Waals surface area contributed by atoms with Gasteiger partial charge in [0.2, 0.25) is 0 Å². The lowest BCUT2D eigenvalue weighted by Crippen LogP contribution is -2.18. The Morgan fingerprint density at radius 1 is 0.433 bits per heavy atom. The van der Waals surface area contributed by atoms with Crippen molar-refractivity contribution >= 4 is 147 Å². The van der Waals surface area contributed by atoms with Gasteiger partial charge in [-0.15, -0.1) is 0 Å². The zero-order valence-corrected chi connectivity index (χ0v) is 38.4. The first kappa shape index (κ1) is 47.1. The Morgan fingerprint density at radius 2 is 0.800 bits per heavy atom. The van der Waals surface area contributed by atoms with E-state index in [0.29, 0.717) is 0 Å². The largest absolute Gasteiger partial charge is 0.495 e. The fourth-order valence-corrected chi connectivity index (χ4v) is 10.1. The lowest BCUT2D eigenvalue weighted by Gasteiger charge is -2.17. The van der Waals surface area contributed by atoms with Gasteiger partial charge < -0.3 is 29.6 Å². The van der Waals surface area contributed by atoms with Crippen LogP contribution in [-0.2, 0) is 20.0 Å². The van der Waals surface area contributed by atoms with Crippen molar-refractivity contribution in [3.05, 3.63) is 112 Å². The molecule has 0 spiro atoms. The van der Waals surface area contributed by atoms with Crippen molar-refractivity contribution in [1.29, 1.82) is 0 Å². The molecule has 5 aromatic carbocycles. The van der Waals surface area contributed by atoms with Crippen LogP contribution in [0.15, 0.2) is 70.5 Å². The van der Waals surface area contributed by atoms with Crippen LogP contribution >= 0.6 is 92.8 Å². The van der Waals surface area contributed by atoms with Crippen molar-refractivity contribution in [2.24, 2.45) is 0 Å². The number of methoxy groups -OCH3 is 4. The average Bonchev–Trinajstić information content (AvgIpc) is 3.15. The minimum Gasteiger partial charge on any atom is -0.495 e. The number of hydrogen-bond donors (Lipinski definition) is 4. The van der Waals surface area contributed by atoms with E-state index in [-0.39, 0.29) is 97.1 Å². The minimum atomic E-state index is -4.51. The highest BCUT2D eigenvalue weighted by Crippen LogP contribution is 2.41. The summed E-state index contributed by atoms with van der Waals surface area (Å²) in [6, 6.07) is 11.6. The molecule has 318 valence electrons. The van der Waals surface area contributed by atoms with Gasteiger partial charge in [0.05, 0.1) is 96.8 Å². The molecule has 14 nitrogen and oxygen atoms in total. The van der Waals surface area contributed by atoms with Gasteiger partial charge in [-0.05, 0) is 48.5 Å². The van der Waals surface area contributed by atoms with Gasteiger partial charge in [0, 0.05) is 17.8 Å². The summed E-state index contributed by atoms with van der Waals surface area (Å²) in [6.07, 6.45) is 0. The molecule has 0 bridgehead atoms. The van der Waals surface area contributed by atoms with Gasteiger partial charge in [-0.25, -0.2) is 16.8 Å². The summed E-state index contributed by atoms with van der Waals surface area (Å²) in [7, 11) is -3.68. The molecule has 0 aliphatic carbocycles. The lowest BCUT2D eigenvalue weighted by molar-refractivity contribution is 0.101. The summed E-state index contributed by atoms with van der Waals surface area (Å²) in [5, 5.41) is 3.62. The van der Waals surface area contributed by atoms with Crippen molar-refractivity contribution < 1.29 is 45.4 Å². The SMILES string of the molecule is COc1cc(OC)c(NS(=O)(=O)c2cc(C(=O)Nc3cc(Cl)c(NC(=O)c4cc(S(=O)(=O)Nc5cc(Cl)c(OC)cc5OC)c(Cl)cc4Cl)c(Cl)c3)c(Cl)cc2Cl)cc1Cl. The molecule has 0 aliphatic heterocycles. The van der Waals surface area contributed by atoms with E-state index >= 15 is 0 Å². The number of sulfonamides is 2. The number of ether oxygens (including phenoxy) is 4. The minimum absolute atomic E-state index is 0.0165. The molecule has 0 aromatic heterocycles. The van der Waals surface area contributed by atoms with Crippen LogP contribution in [-0.4, -0.2) is 57.1 Å². The van der Waals surface area contributed by atoms with Crippen LogP contribution in [0.5, 0.6) is 23.0 Å². The van der Waals surface area contributed by atoms with Gasteiger partial charge in [-0.3, -0.25) is 19.0 Å². The number of halogens is 8. The van der Waals surface area contributed by atoms with Gasteiger partial charge in [0.15, 0.2) is 0 Å². The van der Waals surface area contributed by atoms with E-state index in [2.05, 4.69) is 20.1 Å². The Hall–Kier alpha value is -3.94. The van der Waals surface area contributed by atoms with Crippen molar-refractivity contribution in [3.8, 4) is 23.0 Å². The van der Waals surface area contributed by atoms with Gasteiger partial charge in [-0.1, -0.05) is 92.8 Å². The molecule has 0 saturated carbocycles. The number of nitrogens with one attached hydrogen (secondary N) is 4. The molecule has 0 heterocycles. The summed E-state index contributed by atoms with van der Waals surface area (Å²) in [5.41, 5.74) is -0.978. The third kappa shape index (κ3) is 10.2. The van der Waals surface area contributed by atoms with Crippen LogP contribution < -0.4 is 39.0 Å². The topological polar surface area (TPSA) is 187 Å². The fraction of sp³-hybridized carbons (Fsp3) is 0.111. The summed E-state index contributed by atoms with van der Waals surface area (Å²) in [4.78, 5) is 25.9. The molecule has 4 N–H and O–H groups in total. The number of carbonyl (C=O) groups is 2. The van der Waals surface area contributed by atoms with Crippen LogP contribution in [0.25, 0.3) is 0 Å². The van der Waals surface area contributed by atoms with Gasteiger partial charge in [-0.2, -0.15) is 0 Å². The quantitative estimate of drug-likeness (QED) is 0.0834. The smallest absolute Gasteiger partial charge is 0.263 e. The van der Waals surface area contributed by atoms with Crippen LogP contribution in [0.1, 0.15) is 20.7 Å². The first-order chi connectivity index (χ1) is 28.1. The molecule has 60 heavy (non-hydrogen) atoms. The van der Waals surface area contributed by atoms with Crippen LogP contribution in [0.4, 0.5) is 22.7 Å². The lowest BCUT2D eigenvalue weighted by atomic mass is 10.2.